The van der Waals surface area contributed by atoms with Gasteiger partial charge in [-0.3, -0.25) is 0 Å². The summed E-state index contributed by atoms with van der Waals surface area (Å²) >= 11 is 0. The van der Waals surface area contributed by atoms with E-state index >= 15 is 0 Å². The van der Waals surface area contributed by atoms with Gasteiger partial charge in [0, 0.05) is 17.4 Å². The van der Waals surface area contributed by atoms with Crippen LogP contribution >= 0.6 is 0 Å². The highest BCUT2D eigenvalue weighted by Crippen LogP contribution is 2.33. The highest BCUT2D eigenvalue weighted by molar-refractivity contribution is 5.72. The lowest BCUT2D eigenvalue weighted by atomic mass is 9.87. The lowest BCUT2D eigenvalue weighted by Gasteiger charge is -2.30. The molecule has 0 radical (unpaired) electrons. The summed E-state index contributed by atoms with van der Waals surface area (Å²) in [7, 11) is 0. The summed E-state index contributed by atoms with van der Waals surface area (Å²) in [6.45, 7) is 11.3. The van der Waals surface area contributed by atoms with Crippen LogP contribution in [0.1, 0.15) is 40.2 Å². The third kappa shape index (κ3) is 3.99. The normalized spacial score (nSPS) is 11.6. The van der Waals surface area contributed by atoms with Crippen molar-refractivity contribution in [1.82, 2.24) is 0 Å². The standard InChI is InChI=1S/C25H29N/c1-19(2)26(23-16-14-22(15-17-23)25(3,4)5)24-13-9-12-21(18-24)20-10-7-6-8-11-20/h6-19H,1-5H3. The zero-order valence-electron chi connectivity index (χ0n) is 16.5. The molecular weight excluding hydrogens is 314 g/mol. The first-order valence-electron chi connectivity index (χ1n) is 9.41. The van der Waals surface area contributed by atoms with Crippen LogP contribution in [0.3, 0.4) is 0 Å². The average Bonchev–Trinajstić information content (AvgIpc) is 2.62. The van der Waals surface area contributed by atoms with Gasteiger partial charge in [-0.2, -0.15) is 0 Å². The Morgan fingerprint density at radius 1 is 0.654 bits per heavy atom. The number of hydrogen-bond donors (Lipinski definition) is 0. The maximum atomic E-state index is 2.40. The predicted molar refractivity (Wildman–Crippen MR) is 114 cm³/mol. The Hall–Kier alpha value is -2.54. The highest BCUT2D eigenvalue weighted by atomic mass is 15.2. The smallest absolute Gasteiger partial charge is 0.0419 e. The van der Waals surface area contributed by atoms with Gasteiger partial charge < -0.3 is 4.90 Å². The second-order valence-corrected chi connectivity index (χ2v) is 8.18. The average molecular weight is 344 g/mol. The molecular formula is C25H29N. The Kier molecular flexibility index (Phi) is 5.18. The molecule has 0 atom stereocenters. The molecule has 0 saturated carbocycles. The lowest BCUT2D eigenvalue weighted by Crippen LogP contribution is -2.25. The summed E-state index contributed by atoms with van der Waals surface area (Å²) in [5, 5.41) is 0. The van der Waals surface area contributed by atoms with E-state index in [2.05, 4.69) is 118 Å². The van der Waals surface area contributed by atoms with E-state index in [1.807, 2.05) is 0 Å². The molecule has 0 aliphatic carbocycles. The van der Waals surface area contributed by atoms with E-state index < -0.39 is 0 Å². The van der Waals surface area contributed by atoms with Crippen LogP contribution in [0.5, 0.6) is 0 Å². The third-order valence-corrected chi connectivity index (χ3v) is 4.76. The number of hydrogen-bond acceptors (Lipinski definition) is 1. The summed E-state index contributed by atoms with van der Waals surface area (Å²) in [4.78, 5) is 2.40. The molecule has 0 spiro atoms. The van der Waals surface area contributed by atoms with Crippen LogP contribution in [0.2, 0.25) is 0 Å². The van der Waals surface area contributed by atoms with E-state index in [0.717, 1.165) is 0 Å². The maximum Gasteiger partial charge on any atom is 0.0419 e. The summed E-state index contributed by atoms with van der Waals surface area (Å²) in [6.07, 6.45) is 0. The monoisotopic (exact) mass is 343 g/mol. The topological polar surface area (TPSA) is 3.24 Å². The van der Waals surface area contributed by atoms with E-state index in [-0.39, 0.29) is 5.41 Å². The number of rotatable bonds is 4. The molecule has 3 aromatic carbocycles. The third-order valence-electron chi connectivity index (χ3n) is 4.76. The summed E-state index contributed by atoms with van der Waals surface area (Å²) in [5.74, 6) is 0. The fraction of sp³-hybridized carbons (Fsp3) is 0.280. The van der Waals surface area contributed by atoms with E-state index in [9.17, 15) is 0 Å². The number of nitrogens with zero attached hydrogens (tertiary/aromatic N) is 1. The molecule has 0 saturated heterocycles. The maximum absolute atomic E-state index is 2.40. The second-order valence-electron chi connectivity index (χ2n) is 8.18. The Morgan fingerprint density at radius 3 is 1.85 bits per heavy atom. The van der Waals surface area contributed by atoms with E-state index in [4.69, 9.17) is 0 Å². The first-order chi connectivity index (χ1) is 12.4. The van der Waals surface area contributed by atoms with Crippen molar-refractivity contribution in [2.75, 3.05) is 4.90 Å². The highest BCUT2D eigenvalue weighted by Gasteiger charge is 2.17. The summed E-state index contributed by atoms with van der Waals surface area (Å²) in [5.41, 5.74) is 6.50. The SMILES string of the molecule is CC(C)N(c1ccc(C(C)(C)C)cc1)c1cccc(-c2ccccc2)c1. The molecule has 26 heavy (non-hydrogen) atoms. The van der Waals surface area contributed by atoms with Crippen LogP contribution < -0.4 is 4.90 Å². The quantitative estimate of drug-likeness (QED) is 0.484. The minimum atomic E-state index is 0.175. The van der Waals surface area contributed by atoms with Crippen LogP contribution in [0.25, 0.3) is 11.1 Å². The van der Waals surface area contributed by atoms with E-state index in [1.54, 1.807) is 0 Å². The van der Waals surface area contributed by atoms with E-state index in [1.165, 1.54) is 28.1 Å². The Balaban J connectivity index is 1.99. The Morgan fingerprint density at radius 2 is 1.27 bits per heavy atom. The summed E-state index contributed by atoms with van der Waals surface area (Å²) in [6, 6.07) is 28.8. The molecule has 134 valence electrons. The van der Waals surface area contributed by atoms with Gasteiger partial charge in [0.25, 0.3) is 0 Å². The zero-order chi connectivity index (χ0) is 18.7. The molecule has 0 unspecified atom stereocenters. The van der Waals surface area contributed by atoms with Crippen LogP contribution in [-0.4, -0.2) is 6.04 Å². The van der Waals surface area contributed by atoms with Crippen LogP contribution in [0.15, 0.2) is 78.9 Å². The van der Waals surface area contributed by atoms with Gasteiger partial charge in [0.1, 0.15) is 0 Å². The minimum Gasteiger partial charge on any atom is -0.339 e. The molecule has 0 aliphatic heterocycles. The fourth-order valence-corrected chi connectivity index (χ4v) is 3.33. The van der Waals surface area contributed by atoms with Crippen molar-refractivity contribution in [3.63, 3.8) is 0 Å². The molecule has 0 heterocycles. The van der Waals surface area contributed by atoms with Crippen molar-refractivity contribution in [2.45, 2.75) is 46.1 Å². The Labute approximate surface area is 158 Å². The largest absolute Gasteiger partial charge is 0.339 e. The van der Waals surface area contributed by atoms with Crippen LogP contribution in [-0.2, 0) is 5.41 Å². The number of benzene rings is 3. The molecule has 1 nitrogen and oxygen atoms in total. The first kappa shape index (κ1) is 18.3. The second kappa shape index (κ2) is 7.37. The van der Waals surface area contributed by atoms with Gasteiger partial charge in [-0.1, -0.05) is 75.4 Å². The number of anilines is 2. The van der Waals surface area contributed by atoms with Gasteiger partial charge in [0.05, 0.1) is 0 Å². The Bertz CT molecular complexity index is 839. The molecule has 3 rings (SSSR count). The van der Waals surface area contributed by atoms with Crippen molar-refractivity contribution >= 4 is 11.4 Å². The van der Waals surface area contributed by atoms with Gasteiger partial charge in [-0.25, -0.2) is 0 Å². The minimum absolute atomic E-state index is 0.175. The van der Waals surface area contributed by atoms with Gasteiger partial charge in [0.2, 0.25) is 0 Å². The molecule has 0 aromatic heterocycles. The lowest BCUT2D eigenvalue weighted by molar-refractivity contribution is 0.590. The van der Waals surface area contributed by atoms with Gasteiger partial charge >= 0.3 is 0 Å². The van der Waals surface area contributed by atoms with Crippen LogP contribution in [0.4, 0.5) is 11.4 Å². The van der Waals surface area contributed by atoms with Crippen molar-refractivity contribution in [2.24, 2.45) is 0 Å². The molecule has 1 heteroatoms. The van der Waals surface area contributed by atoms with Crippen molar-refractivity contribution in [1.29, 1.82) is 0 Å². The molecule has 0 amide bonds. The molecule has 3 aromatic rings. The first-order valence-corrected chi connectivity index (χ1v) is 9.41. The molecule has 0 aliphatic rings. The summed E-state index contributed by atoms with van der Waals surface area (Å²) < 4.78 is 0. The predicted octanol–water partition coefficient (Wildman–Crippen LogP) is 7.20. The van der Waals surface area contributed by atoms with Crippen molar-refractivity contribution < 1.29 is 0 Å². The zero-order valence-corrected chi connectivity index (χ0v) is 16.5. The fourth-order valence-electron chi connectivity index (χ4n) is 3.33. The molecule has 0 fully saturated rings. The molecule has 0 bridgehead atoms. The van der Waals surface area contributed by atoms with Crippen LogP contribution in [0, 0.1) is 0 Å². The van der Waals surface area contributed by atoms with Crippen molar-refractivity contribution in [3.05, 3.63) is 84.4 Å². The van der Waals surface area contributed by atoms with Gasteiger partial charge in [-0.15, -0.1) is 0 Å². The van der Waals surface area contributed by atoms with E-state index in [0.29, 0.717) is 6.04 Å². The molecule has 0 N–H and O–H groups in total. The van der Waals surface area contributed by atoms with Gasteiger partial charge in [0.15, 0.2) is 0 Å². The van der Waals surface area contributed by atoms with Gasteiger partial charge in [-0.05, 0) is 60.2 Å². The van der Waals surface area contributed by atoms with Crippen molar-refractivity contribution in [3.8, 4) is 11.1 Å².